The first-order valence-corrected chi connectivity index (χ1v) is 12.3. The minimum absolute atomic E-state index is 0.196. The van der Waals surface area contributed by atoms with E-state index in [9.17, 15) is 4.79 Å². The third-order valence-electron chi connectivity index (χ3n) is 5.30. The van der Waals surface area contributed by atoms with Crippen LogP contribution in [0, 0.1) is 6.92 Å². The van der Waals surface area contributed by atoms with Crippen LogP contribution >= 0.6 is 11.8 Å². The lowest BCUT2D eigenvalue weighted by atomic mass is 10.1. The van der Waals surface area contributed by atoms with E-state index in [-0.39, 0.29) is 11.7 Å². The van der Waals surface area contributed by atoms with E-state index in [1.54, 1.807) is 13.3 Å². The molecule has 8 heteroatoms. The minimum atomic E-state index is -0.210. The fourth-order valence-corrected chi connectivity index (χ4v) is 4.38. The van der Waals surface area contributed by atoms with E-state index < -0.39 is 0 Å². The Kier molecular flexibility index (Phi) is 8.05. The summed E-state index contributed by atoms with van der Waals surface area (Å²) in [5.74, 6) is 1.27. The summed E-state index contributed by atoms with van der Waals surface area (Å²) in [4.78, 5) is 17.2. The van der Waals surface area contributed by atoms with Crippen LogP contribution < -0.4 is 14.9 Å². The first-order chi connectivity index (χ1) is 17.1. The fourth-order valence-electron chi connectivity index (χ4n) is 3.57. The second-order valence-electron chi connectivity index (χ2n) is 7.88. The van der Waals surface area contributed by atoms with Gasteiger partial charge >= 0.3 is 0 Å². The first-order valence-electron chi connectivity index (χ1n) is 11.3. The molecule has 1 aromatic heterocycles. The number of carbonyl (C=O) groups excluding carboxylic acids is 1. The summed E-state index contributed by atoms with van der Waals surface area (Å²) >= 11 is 1.39. The molecule has 3 aromatic carbocycles. The number of methoxy groups -OCH3 is 1. The van der Waals surface area contributed by atoms with Gasteiger partial charge in [-0.05, 0) is 55.3 Å². The number of hydrazone groups is 1. The van der Waals surface area contributed by atoms with Crippen molar-refractivity contribution < 1.29 is 14.3 Å². The number of rotatable bonds is 10. The van der Waals surface area contributed by atoms with Crippen LogP contribution in [-0.4, -0.2) is 41.1 Å². The van der Waals surface area contributed by atoms with Gasteiger partial charge in [-0.2, -0.15) is 5.10 Å². The van der Waals surface area contributed by atoms with Crippen LogP contribution in [0.3, 0.4) is 0 Å². The number of aromatic nitrogens is 2. The maximum Gasteiger partial charge on any atom is 0.250 e. The zero-order valence-corrected chi connectivity index (χ0v) is 20.8. The highest BCUT2D eigenvalue weighted by molar-refractivity contribution is 7.99. The smallest absolute Gasteiger partial charge is 0.250 e. The zero-order chi connectivity index (χ0) is 24.6. The van der Waals surface area contributed by atoms with Crippen molar-refractivity contribution in [3.8, 4) is 11.5 Å². The number of fused-ring (bicyclic) bond motifs is 1. The van der Waals surface area contributed by atoms with E-state index in [1.165, 1.54) is 22.9 Å². The van der Waals surface area contributed by atoms with Gasteiger partial charge in [-0.3, -0.25) is 4.79 Å². The highest BCUT2D eigenvalue weighted by Gasteiger charge is 2.13. The fraction of sp³-hybridized carbons (Fsp3) is 0.222. The number of nitrogens with zero attached hydrogens (tertiary/aromatic N) is 3. The van der Waals surface area contributed by atoms with Crippen LogP contribution in [0.15, 0.2) is 77.0 Å². The Hall–Kier alpha value is -3.78. The average Bonchev–Trinajstić information content (AvgIpc) is 3.22. The quantitative estimate of drug-likeness (QED) is 0.192. The minimum Gasteiger partial charge on any atom is -0.493 e. The number of imidazole rings is 1. The standard InChI is InChI=1S/C27H28N4O3S/c1-4-34-24-14-13-21(15-25(24)33-3)16-28-30-26(32)18-35-27-29-22-7-5-6-8-23(22)31(27)17-20-11-9-19(2)10-12-20/h5-16H,4,17-18H2,1-3H3,(H,30,32). The normalized spacial score (nSPS) is 11.2. The average molecular weight is 489 g/mol. The second-order valence-corrected chi connectivity index (χ2v) is 8.82. The van der Waals surface area contributed by atoms with Crippen LogP contribution in [-0.2, 0) is 11.3 Å². The number of carbonyl (C=O) groups is 1. The Balaban J connectivity index is 1.41. The van der Waals surface area contributed by atoms with Crippen molar-refractivity contribution >= 4 is 34.9 Å². The highest BCUT2D eigenvalue weighted by atomic mass is 32.2. The molecule has 0 aliphatic rings. The number of nitrogens with one attached hydrogen (secondary N) is 1. The van der Waals surface area contributed by atoms with Crippen molar-refractivity contribution in [1.82, 2.24) is 15.0 Å². The van der Waals surface area contributed by atoms with E-state index in [4.69, 9.17) is 14.5 Å². The Morgan fingerprint density at radius 2 is 1.91 bits per heavy atom. The third kappa shape index (κ3) is 6.22. The maximum atomic E-state index is 12.5. The molecule has 0 atom stereocenters. The summed E-state index contributed by atoms with van der Waals surface area (Å²) < 4.78 is 13.0. The molecule has 180 valence electrons. The number of benzene rings is 3. The molecule has 0 bridgehead atoms. The van der Waals surface area contributed by atoms with Gasteiger partial charge in [0, 0.05) is 0 Å². The lowest BCUT2D eigenvalue weighted by Crippen LogP contribution is -2.20. The maximum absolute atomic E-state index is 12.5. The van der Waals surface area contributed by atoms with Crippen LogP contribution in [0.25, 0.3) is 11.0 Å². The summed E-state index contributed by atoms with van der Waals surface area (Å²) in [5, 5.41) is 4.88. The van der Waals surface area contributed by atoms with Gasteiger partial charge in [-0.15, -0.1) is 0 Å². The van der Waals surface area contributed by atoms with Gasteiger partial charge in [0.25, 0.3) is 5.91 Å². The molecule has 0 radical (unpaired) electrons. The summed E-state index contributed by atoms with van der Waals surface area (Å²) in [6.45, 7) is 5.23. The van der Waals surface area contributed by atoms with E-state index in [1.807, 2.05) is 43.3 Å². The zero-order valence-electron chi connectivity index (χ0n) is 20.0. The number of thioether (sulfide) groups is 1. The molecular weight excluding hydrogens is 460 g/mol. The number of hydrogen-bond acceptors (Lipinski definition) is 6. The number of para-hydroxylation sites is 2. The molecule has 1 heterocycles. The summed E-state index contributed by atoms with van der Waals surface area (Å²) in [7, 11) is 1.59. The van der Waals surface area contributed by atoms with Crippen LogP contribution in [0.2, 0.25) is 0 Å². The Labute approximate surface area is 209 Å². The van der Waals surface area contributed by atoms with Crippen LogP contribution in [0.5, 0.6) is 11.5 Å². The van der Waals surface area contributed by atoms with Crippen molar-refractivity contribution in [1.29, 1.82) is 0 Å². The first kappa shape index (κ1) is 24.3. The van der Waals surface area contributed by atoms with Gasteiger partial charge in [-0.25, -0.2) is 10.4 Å². The van der Waals surface area contributed by atoms with Crippen molar-refractivity contribution in [3.05, 3.63) is 83.4 Å². The molecule has 0 saturated heterocycles. The van der Waals surface area contributed by atoms with Crippen molar-refractivity contribution in [2.75, 3.05) is 19.5 Å². The SMILES string of the molecule is CCOc1ccc(C=NNC(=O)CSc2nc3ccccc3n2Cc2ccc(C)cc2)cc1OC. The lowest BCUT2D eigenvalue weighted by Gasteiger charge is -2.09. The number of ether oxygens (including phenoxy) is 2. The Bertz CT molecular complexity index is 1330. The monoisotopic (exact) mass is 488 g/mol. The van der Waals surface area contributed by atoms with E-state index >= 15 is 0 Å². The van der Waals surface area contributed by atoms with Crippen molar-refractivity contribution in [2.45, 2.75) is 25.5 Å². The molecule has 1 N–H and O–H groups in total. The topological polar surface area (TPSA) is 77.7 Å². The molecule has 0 unspecified atom stereocenters. The van der Waals surface area contributed by atoms with Crippen LogP contribution in [0.1, 0.15) is 23.6 Å². The summed E-state index contributed by atoms with van der Waals surface area (Å²) in [6, 6.07) is 21.9. The molecule has 7 nitrogen and oxygen atoms in total. The summed E-state index contributed by atoms with van der Waals surface area (Å²) in [5.41, 5.74) is 7.73. The third-order valence-corrected chi connectivity index (χ3v) is 6.28. The number of hydrogen-bond donors (Lipinski definition) is 1. The Morgan fingerprint density at radius 1 is 1.11 bits per heavy atom. The van der Waals surface area contributed by atoms with Crippen molar-refractivity contribution in [3.63, 3.8) is 0 Å². The molecule has 0 spiro atoms. The predicted octanol–water partition coefficient (Wildman–Crippen LogP) is 5.04. The van der Waals surface area contributed by atoms with E-state index in [0.717, 1.165) is 21.8 Å². The molecule has 0 aliphatic heterocycles. The number of aryl methyl sites for hydroxylation is 1. The number of amides is 1. The predicted molar refractivity (Wildman–Crippen MR) is 141 cm³/mol. The molecule has 0 saturated carbocycles. The van der Waals surface area contributed by atoms with Gasteiger partial charge in [0.05, 0.1) is 43.3 Å². The molecule has 0 aliphatic carbocycles. The summed E-state index contributed by atoms with van der Waals surface area (Å²) in [6.07, 6.45) is 1.58. The van der Waals surface area contributed by atoms with Gasteiger partial charge in [0.15, 0.2) is 16.7 Å². The largest absolute Gasteiger partial charge is 0.493 e. The molecule has 35 heavy (non-hydrogen) atoms. The lowest BCUT2D eigenvalue weighted by molar-refractivity contribution is -0.118. The van der Waals surface area contributed by atoms with E-state index in [0.29, 0.717) is 24.7 Å². The van der Waals surface area contributed by atoms with E-state index in [2.05, 4.69) is 52.3 Å². The molecule has 4 aromatic rings. The molecule has 4 rings (SSSR count). The van der Waals surface area contributed by atoms with Gasteiger partial charge in [-0.1, -0.05) is 53.7 Å². The second kappa shape index (κ2) is 11.6. The molecule has 0 fully saturated rings. The van der Waals surface area contributed by atoms with Gasteiger partial charge in [0.2, 0.25) is 0 Å². The Morgan fingerprint density at radius 3 is 2.69 bits per heavy atom. The molecular formula is C27H28N4O3S. The highest BCUT2D eigenvalue weighted by Crippen LogP contribution is 2.28. The van der Waals surface area contributed by atoms with Gasteiger partial charge < -0.3 is 14.0 Å². The van der Waals surface area contributed by atoms with Crippen LogP contribution in [0.4, 0.5) is 0 Å². The van der Waals surface area contributed by atoms with Gasteiger partial charge in [0.1, 0.15) is 0 Å². The van der Waals surface area contributed by atoms with Crippen molar-refractivity contribution in [2.24, 2.45) is 5.10 Å². The molecule has 1 amide bonds.